The van der Waals surface area contributed by atoms with Crippen LogP contribution in [0.25, 0.3) is 0 Å². The van der Waals surface area contributed by atoms with Crippen LogP contribution < -0.4 is 4.74 Å². The zero-order valence-electron chi connectivity index (χ0n) is 18.3. The van der Waals surface area contributed by atoms with Crippen LogP contribution in [0.1, 0.15) is 65.4 Å². The van der Waals surface area contributed by atoms with Gasteiger partial charge in [-0.15, -0.1) is 0 Å². The zero-order chi connectivity index (χ0) is 21.7. The third-order valence-corrected chi connectivity index (χ3v) is 5.40. The van der Waals surface area contributed by atoms with Gasteiger partial charge in [0.2, 0.25) is 0 Å². The molecule has 166 valence electrons. The summed E-state index contributed by atoms with van der Waals surface area (Å²) >= 11 is 3.53. The predicted molar refractivity (Wildman–Crippen MR) is 119 cm³/mol. The first-order valence-corrected chi connectivity index (χ1v) is 11.6. The molecule has 1 unspecified atom stereocenters. The number of carbonyl (C=O) groups excluding carboxylic acids is 1. The Labute approximate surface area is 187 Å². The van der Waals surface area contributed by atoms with E-state index in [1.54, 1.807) is 0 Å². The summed E-state index contributed by atoms with van der Waals surface area (Å²) < 4.78 is 18.8. The smallest absolute Gasteiger partial charge is 0.347 e. The van der Waals surface area contributed by atoms with Gasteiger partial charge in [0.1, 0.15) is 29.8 Å². The monoisotopic (exact) mass is 481 g/mol. The summed E-state index contributed by atoms with van der Waals surface area (Å²) in [6.45, 7) is 8.76. The lowest BCUT2D eigenvalue weighted by molar-refractivity contribution is -0.164. The van der Waals surface area contributed by atoms with E-state index in [0.29, 0.717) is 37.0 Å². The van der Waals surface area contributed by atoms with E-state index >= 15 is 0 Å². The summed E-state index contributed by atoms with van der Waals surface area (Å²) in [6.07, 6.45) is 4.05. The van der Waals surface area contributed by atoms with Crippen molar-refractivity contribution < 1.29 is 23.8 Å². The summed E-state index contributed by atoms with van der Waals surface area (Å²) in [5.41, 5.74) is 0.899. The van der Waals surface area contributed by atoms with Crippen molar-refractivity contribution in [1.82, 2.24) is 0 Å². The highest BCUT2D eigenvalue weighted by Gasteiger charge is 2.35. The van der Waals surface area contributed by atoms with Crippen molar-refractivity contribution >= 4 is 27.6 Å². The van der Waals surface area contributed by atoms with Crippen LogP contribution in [0.4, 0.5) is 0 Å². The summed E-state index contributed by atoms with van der Waals surface area (Å²) in [4.78, 5) is 18.2. The number of rotatable bonds is 10. The van der Waals surface area contributed by atoms with Crippen LogP contribution >= 0.6 is 15.9 Å². The van der Waals surface area contributed by atoms with Gasteiger partial charge >= 0.3 is 5.97 Å². The molecule has 7 heteroatoms. The van der Waals surface area contributed by atoms with Gasteiger partial charge in [-0.05, 0) is 57.7 Å². The maximum absolute atomic E-state index is 12.8. The molecule has 0 bridgehead atoms. The molecular formula is C23H32BrNO5. The molecule has 2 atom stereocenters. The third kappa shape index (κ3) is 6.71. The Bertz CT molecular complexity index is 769. The minimum atomic E-state index is -0.654. The molecule has 0 N–H and O–H groups in total. The van der Waals surface area contributed by atoms with Crippen molar-refractivity contribution in [3.05, 3.63) is 28.2 Å². The first kappa shape index (κ1) is 23.1. The normalized spacial score (nSPS) is 19.8. The minimum absolute atomic E-state index is 0.253. The SMILES string of the molecule is CCCCOC1CON=C1c1cc(Br)ccc1O[C@@H](CC1CC1)C(=O)OC(C)(C)C. The molecule has 1 aliphatic heterocycles. The van der Waals surface area contributed by atoms with E-state index in [-0.39, 0.29) is 12.1 Å². The summed E-state index contributed by atoms with van der Waals surface area (Å²) in [7, 11) is 0. The fourth-order valence-electron chi connectivity index (χ4n) is 3.21. The molecule has 0 saturated heterocycles. The maximum atomic E-state index is 12.8. The van der Waals surface area contributed by atoms with Crippen LogP contribution in [0.3, 0.4) is 0 Å². The molecule has 6 nitrogen and oxygen atoms in total. The molecule has 1 aromatic carbocycles. The van der Waals surface area contributed by atoms with Crippen molar-refractivity contribution in [3.63, 3.8) is 0 Å². The lowest BCUT2D eigenvalue weighted by atomic mass is 10.0. The minimum Gasteiger partial charge on any atom is -0.478 e. The highest BCUT2D eigenvalue weighted by molar-refractivity contribution is 9.10. The fraction of sp³-hybridized carbons (Fsp3) is 0.652. The van der Waals surface area contributed by atoms with Gasteiger partial charge in [0.25, 0.3) is 0 Å². The average Bonchev–Trinajstić information content (AvgIpc) is 3.36. The van der Waals surface area contributed by atoms with Crippen LogP contribution in [0.15, 0.2) is 27.8 Å². The van der Waals surface area contributed by atoms with Gasteiger partial charge in [-0.3, -0.25) is 0 Å². The molecule has 0 aromatic heterocycles. The Morgan fingerprint density at radius 1 is 1.33 bits per heavy atom. The van der Waals surface area contributed by atoms with Gasteiger partial charge in [0, 0.05) is 16.6 Å². The van der Waals surface area contributed by atoms with E-state index in [0.717, 1.165) is 35.7 Å². The number of oxime groups is 1. The van der Waals surface area contributed by atoms with Crippen LogP contribution in [-0.2, 0) is 19.1 Å². The molecule has 1 heterocycles. The van der Waals surface area contributed by atoms with E-state index in [9.17, 15) is 4.79 Å². The second-order valence-corrected chi connectivity index (χ2v) is 9.86. The third-order valence-electron chi connectivity index (χ3n) is 4.91. The topological polar surface area (TPSA) is 66.3 Å². The molecule has 1 aliphatic carbocycles. The molecule has 1 saturated carbocycles. The molecule has 0 radical (unpaired) electrons. The summed E-state index contributed by atoms with van der Waals surface area (Å²) in [5, 5.41) is 4.23. The van der Waals surface area contributed by atoms with Crippen LogP contribution in [0, 0.1) is 5.92 Å². The summed E-state index contributed by atoms with van der Waals surface area (Å²) in [5.74, 6) is 0.769. The van der Waals surface area contributed by atoms with Crippen molar-refractivity contribution in [2.24, 2.45) is 11.1 Å². The highest BCUT2D eigenvalue weighted by Crippen LogP contribution is 2.36. The number of hydrogen-bond donors (Lipinski definition) is 0. The number of benzene rings is 1. The van der Waals surface area contributed by atoms with Crippen LogP contribution in [-0.4, -0.2) is 42.7 Å². The van der Waals surface area contributed by atoms with Gasteiger partial charge < -0.3 is 19.0 Å². The van der Waals surface area contributed by atoms with E-state index < -0.39 is 11.7 Å². The first-order chi connectivity index (χ1) is 14.3. The number of ether oxygens (including phenoxy) is 3. The van der Waals surface area contributed by atoms with Gasteiger partial charge in [-0.2, -0.15) is 0 Å². The Hall–Kier alpha value is -1.60. The van der Waals surface area contributed by atoms with E-state index in [2.05, 4.69) is 28.0 Å². The standard InChI is InChI=1S/C23H32BrNO5/c1-5-6-11-27-20-14-28-25-21(20)17-13-16(24)9-10-18(17)29-19(12-15-7-8-15)22(26)30-23(2,3)4/h9-10,13,15,19-20H,5-8,11-12,14H2,1-4H3/t19-,20?/m0/s1. The molecule has 30 heavy (non-hydrogen) atoms. The second kappa shape index (κ2) is 10.1. The largest absolute Gasteiger partial charge is 0.478 e. The molecule has 3 rings (SSSR count). The quantitative estimate of drug-likeness (QED) is 0.336. The number of unbranched alkanes of at least 4 members (excludes halogenated alkanes) is 1. The Balaban J connectivity index is 1.81. The molecule has 0 spiro atoms. The Kier molecular flexibility index (Phi) is 7.80. The van der Waals surface area contributed by atoms with Gasteiger partial charge in [-0.1, -0.05) is 47.3 Å². The van der Waals surface area contributed by atoms with Gasteiger partial charge in [-0.25, -0.2) is 4.79 Å². The number of esters is 1. The van der Waals surface area contributed by atoms with E-state index in [4.69, 9.17) is 19.0 Å². The lowest BCUT2D eigenvalue weighted by Crippen LogP contribution is -2.36. The Morgan fingerprint density at radius 2 is 2.10 bits per heavy atom. The van der Waals surface area contributed by atoms with Crippen LogP contribution in [0.2, 0.25) is 0 Å². The zero-order valence-corrected chi connectivity index (χ0v) is 19.9. The van der Waals surface area contributed by atoms with E-state index in [1.807, 2.05) is 39.0 Å². The maximum Gasteiger partial charge on any atom is 0.347 e. The van der Waals surface area contributed by atoms with Crippen molar-refractivity contribution in [2.75, 3.05) is 13.2 Å². The lowest BCUT2D eigenvalue weighted by Gasteiger charge is -2.25. The average molecular weight is 482 g/mol. The number of hydrogen-bond acceptors (Lipinski definition) is 6. The highest BCUT2D eigenvalue weighted by atomic mass is 79.9. The van der Waals surface area contributed by atoms with Crippen molar-refractivity contribution in [3.8, 4) is 5.75 Å². The molecule has 1 aromatic rings. The molecule has 2 aliphatic rings. The van der Waals surface area contributed by atoms with Gasteiger partial charge in [0.05, 0.1) is 0 Å². The van der Waals surface area contributed by atoms with Gasteiger partial charge in [0.15, 0.2) is 6.10 Å². The predicted octanol–water partition coefficient (Wildman–Crippen LogP) is 5.26. The van der Waals surface area contributed by atoms with E-state index in [1.165, 1.54) is 0 Å². The second-order valence-electron chi connectivity index (χ2n) is 8.94. The number of nitrogens with zero attached hydrogens (tertiary/aromatic N) is 1. The van der Waals surface area contributed by atoms with Crippen molar-refractivity contribution in [2.45, 2.75) is 77.6 Å². The number of carbonyl (C=O) groups is 1. The molecule has 0 amide bonds. The summed E-state index contributed by atoms with van der Waals surface area (Å²) in [6, 6.07) is 5.68. The fourth-order valence-corrected chi connectivity index (χ4v) is 3.57. The molecular weight excluding hydrogens is 450 g/mol. The first-order valence-electron chi connectivity index (χ1n) is 10.8. The van der Waals surface area contributed by atoms with Crippen LogP contribution in [0.5, 0.6) is 5.75 Å². The molecule has 1 fully saturated rings. The Morgan fingerprint density at radius 3 is 2.77 bits per heavy atom. The number of halogens is 1. The van der Waals surface area contributed by atoms with Crippen molar-refractivity contribution in [1.29, 1.82) is 0 Å².